The van der Waals surface area contributed by atoms with Gasteiger partial charge < -0.3 is 33.8 Å². The quantitative estimate of drug-likeness (QED) is 0.0222. The summed E-state index contributed by atoms with van der Waals surface area (Å²) in [5, 5.41) is 10.6. The first kappa shape index (κ1) is 84.1. The number of aliphatic hydroxyl groups excluding tert-OH is 1. The number of carbonyl (C=O) groups is 4. The van der Waals surface area contributed by atoms with E-state index in [9.17, 15) is 43.2 Å². The Kier molecular flexibility index (Phi) is 55.7. The molecule has 6 atom stereocenters. The lowest BCUT2D eigenvalue weighted by Gasteiger charge is -2.21. The lowest BCUT2D eigenvalue weighted by atomic mass is 10.00. The van der Waals surface area contributed by atoms with Gasteiger partial charge >= 0.3 is 39.5 Å². The summed E-state index contributed by atoms with van der Waals surface area (Å²) in [4.78, 5) is 72.3. The van der Waals surface area contributed by atoms with Gasteiger partial charge in [0.25, 0.3) is 0 Å². The average Bonchev–Trinajstić information content (AvgIpc) is 3.68. The van der Waals surface area contributed by atoms with Gasteiger partial charge in [-0.3, -0.25) is 37.3 Å². The molecule has 0 saturated carbocycles. The van der Waals surface area contributed by atoms with Gasteiger partial charge in [-0.2, -0.15) is 0 Å². The predicted molar refractivity (Wildman–Crippen MR) is 344 cm³/mol. The fraction of sp³-hybridized carbons (Fsp3) is 0.940. The maximum atomic E-state index is 13.0. The van der Waals surface area contributed by atoms with Crippen molar-refractivity contribution in [2.75, 3.05) is 39.6 Å². The van der Waals surface area contributed by atoms with Crippen LogP contribution in [0.15, 0.2) is 0 Å². The van der Waals surface area contributed by atoms with Crippen LogP contribution in [0, 0.1) is 23.7 Å². The number of rotatable bonds is 64. The van der Waals surface area contributed by atoms with Crippen LogP contribution in [0.5, 0.6) is 0 Å². The molecule has 0 aromatic heterocycles. The molecule has 4 unspecified atom stereocenters. The zero-order valence-corrected chi connectivity index (χ0v) is 57.7. The molecular formula is C67H130O17P2. The van der Waals surface area contributed by atoms with Crippen LogP contribution in [-0.2, 0) is 65.4 Å². The Morgan fingerprint density at radius 1 is 0.326 bits per heavy atom. The van der Waals surface area contributed by atoms with Crippen LogP contribution < -0.4 is 0 Å². The van der Waals surface area contributed by atoms with Gasteiger partial charge in [-0.25, -0.2) is 9.13 Å². The number of ether oxygens (including phenoxy) is 4. The van der Waals surface area contributed by atoms with Crippen molar-refractivity contribution in [3.05, 3.63) is 0 Å². The maximum absolute atomic E-state index is 13.0. The van der Waals surface area contributed by atoms with Gasteiger partial charge in [0.1, 0.15) is 19.3 Å². The van der Waals surface area contributed by atoms with E-state index in [1.165, 1.54) is 122 Å². The molecule has 0 heterocycles. The molecule has 0 saturated heterocycles. The lowest BCUT2D eigenvalue weighted by Crippen LogP contribution is -2.30. The molecule has 0 aromatic rings. The smallest absolute Gasteiger partial charge is 0.462 e. The van der Waals surface area contributed by atoms with Gasteiger partial charge in [-0.1, -0.05) is 274 Å². The lowest BCUT2D eigenvalue weighted by molar-refractivity contribution is -0.161. The molecule has 0 rings (SSSR count). The molecule has 0 fully saturated rings. The molecule has 0 radical (unpaired) electrons. The Morgan fingerprint density at radius 3 is 0.826 bits per heavy atom. The van der Waals surface area contributed by atoms with E-state index in [-0.39, 0.29) is 25.7 Å². The van der Waals surface area contributed by atoms with Crippen LogP contribution in [0.4, 0.5) is 0 Å². The van der Waals surface area contributed by atoms with Crippen molar-refractivity contribution in [2.45, 2.75) is 343 Å². The molecule has 17 nitrogen and oxygen atoms in total. The van der Waals surface area contributed by atoms with Crippen LogP contribution in [0.25, 0.3) is 0 Å². The van der Waals surface area contributed by atoms with Gasteiger partial charge in [0, 0.05) is 25.7 Å². The summed E-state index contributed by atoms with van der Waals surface area (Å²) in [7, 11) is -9.90. The van der Waals surface area contributed by atoms with Gasteiger partial charge in [0.2, 0.25) is 0 Å². The zero-order valence-electron chi connectivity index (χ0n) is 55.9. The average molecular weight is 1270 g/mol. The minimum atomic E-state index is -4.95. The Labute approximate surface area is 524 Å². The van der Waals surface area contributed by atoms with E-state index < -0.39 is 97.5 Å². The minimum absolute atomic E-state index is 0.102. The van der Waals surface area contributed by atoms with E-state index in [0.717, 1.165) is 114 Å². The van der Waals surface area contributed by atoms with Crippen molar-refractivity contribution in [1.29, 1.82) is 0 Å². The third kappa shape index (κ3) is 59.7. The largest absolute Gasteiger partial charge is 0.472 e. The number of hydrogen-bond donors (Lipinski definition) is 3. The zero-order chi connectivity index (χ0) is 63.9. The summed E-state index contributed by atoms with van der Waals surface area (Å²) < 4.78 is 68.1. The molecule has 510 valence electrons. The molecule has 3 N–H and O–H groups in total. The summed E-state index contributed by atoms with van der Waals surface area (Å²) in [6, 6.07) is 0. The van der Waals surface area contributed by atoms with Gasteiger partial charge in [0.15, 0.2) is 12.2 Å². The normalized spacial score (nSPS) is 14.7. The highest BCUT2D eigenvalue weighted by Crippen LogP contribution is 2.45. The van der Waals surface area contributed by atoms with Gasteiger partial charge in [-0.15, -0.1) is 0 Å². The second-order valence-corrected chi connectivity index (χ2v) is 28.8. The van der Waals surface area contributed by atoms with Crippen molar-refractivity contribution in [1.82, 2.24) is 0 Å². The topological polar surface area (TPSA) is 237 Å². The molecule has 0 aliphatic rings. The van der Waals surface area contributed by atoms with Crippen LogP contribution in [0.2, 0.25) is 0 Å². The van der Waals surface area contributed by atoms with Gasteiger partial charge in [-0.05, 0) is 49.4 Å². The van der Waals surface area contributed by atoms with Crippen molar-refractivity contribution in [3.63, 3.8) is 0 Å². The number of aliphatic hydroxyl groups is 1. The van der Waals surface area contributed by atoms with Gasteiger partial charge in [0.05, 0.1) is 26.4 Å². The van der Waals surface area contributed by atoms with Crippen molar-refractivity contribution in [2.24, 2.45) is 23.7 Å². The SMILES string of the molecule is CCC(C)CCCCCCCCC(=O)O[C@H](COC(=O)CCCCCCCCCC(C)C)COP(=O)(O)OCC(O)COP(=O)(O)OC[C@@H](COC(=O)CCCCCCCCCCCCCCC(C)C)OC(=O)CCCCCCCCCCC(C)C. The molecule has 0 spiro atoms. The first-order chi connectivity index (χ1) is 41.1. The summed E-state index contributed by atoms with van der Waals surface area (Å²) in [6.45, 7) is 14.0. The molecule has 0 bridgehead atoms. The van der Waals surface area contributed by atoms with Crippen LogP contribution in [0.3, 0.4) is 0 Å². The predicted octanol–water partition coefficient (Wildman–Crippen LogP) is 18.5. The summed E-state index contributed by atoms with van der Waals surface area (Å²) >= 11 is 0. The van der Waals surface area contributed by atoms with E-state index in [0.29, 0.717) is 31.6 Å². The first-order valence-corrected chi connectivity index (χ1v) is 37.7. The van der Waals surface area contributed by atoms with E-state index in [1.807, 2.05) is 0 Å². The Balaban J connectivity index is 5.24. The molecule has 0 aliphatic heterocycles. The first-order valence-electron chi connectivity index (χ1n) is 34.7. The molecule has 0 aromatic carbocycles. The Bertz CT molecular complexity index is 1720. The van der Waals surface area contributed by atoms with E-state index >= 15 is 0 Å². The summed E-state index contributed by atoms with van der Waals surface area (Å²) in [5.74, 6) is 0.787. The molecule has 86 heavy (non-hydrogen) atoms. The van der Waals surface area contributed by atoms with E-state index in [1.54, 1.807) is 0 Å². The highest BCUT2D eigenvalue weighted by Gasteiger charge is 2.30. The maximum Gasteiger partial charge on any atom is 0.472 e. The highest BCUT2D eigenvalue weighted by molar-refractivity contribution is 7.47. The van der Waals surface area contributed by atoms with Crippen LogP contribution >= 0.6 is 15.6 Å². The fourth-order valence-electron chi connectivity index (χ4n) is 9.93. The number of carbonyl (C=O) groups excluding carboxylic acids is 4. The minimum Gasteiger partial charge on any atom is -0.462 e. The molecular weight excluding hydrogens is 1140 g/mol. The summed E-state index contributed by atoms with van der Waals surface area (Å²) in [5.41, 5.74) is 0. The standard InChI is InChI=1S/C67H130O17P2/c1-9-60(8)46-38-30-25-26-34-42-50-67(72)84-63(54-78-65(70)48-40-32-24-18-21-29-37-45-59(6)7)56-82-86(75,76)80-52-61(68)51-79-85(73,74)81-55-62(83-66(71)49-41-33-23-17-16-20-28-36-44-58(4)5)53-77-64(69)47-39-31-22-15-13-11-10-12-14-19-27-35-43-57(2)3/h57-63,68H,9-56H2,1-8H3,(H,73,74)(H,75,76)/t60?,61?,62-,63-/m1/s1. The van der Waals surface area contributed by atoms with E-state index in [4.69, 9.17) is 37.0 Å². The molecule has 0 aliphatic carbocycles. The number of phosphoric acid groups is 2. The van der Waals surface area contributed by atoms with Crippen LogP contribution in [0.1, 0.15) is 325 Å². The fourth-order valence-corrected chi connectivity index (χ4v) is 11.5. The number of phosphoric ester groups is 2. The molecule has 19 heteroatoms. The number of unbranched alkanes of at least 4 members (excludes halogenated alkanes) is 29. The molecule has 0 amide bonds. The van der Waals surface area contributed by atoms with Crippen molar-refractivity contribution >= 4 is 39.5 Å². The highest BCUT2D eigenvalue weighted by atomic mass is 31.2. The monoisotopic (exact) mass is 1270 g/mol. The summed E-state index contributed by atoms with van der Waals surface area (Å²) in [6.07, 6.45) is 37.7. The van der Waals surface area contributed by atoms with Crippen molar-refractivity contribution < 1.29 is 80.2 Å². The Hall–Kier alpha value is -1.94. The number of esters is 4. The van der Waals surface area contributed by atoms with E-state index in [2.05, 4.69) is 55.4 Å². The second-order valence-electron chi connectivity index (χ2n) is 25.9. The third-order valence-corrected chi connectivity index (χ3v) is 17.6. The van der Waals surface area contributed by atoms with Crippen molar-refractivity contribution in [3.8, 4) is 0 Å². The second kappa shape index (κ2) is 57.0. The number of hydrogen-bond acceptors (Lipinski definition) is 15. The van der Waals surface area contributed by atoms with Crippen LogP contribution in [-0.4, -0.2) is 96.7 Å². The Morgan fingerprint density at radius 2 is 0.558 bits per heavy atom. The third-order valence-electron chi connectivity index (χ3n) is 15.7.